The summed E-state index contributed by atoms with van der Waals surface area (Å²) in [6.45, 7) is 1.76. The van der Waals surface area contributed by atoms with Gasteiger partial charge in [-0.25, -0.2) is 13.6 Å². The minimum absolute atomic E-state index is 0.0669. The van der Waals surface area contributed by atoms with Crippen LogP contribution in [0.2, 0.25) is 0 Å². The van der Waals surface area contributed by atoms with Crippen LogP contribution in [0.1, 0.15) is 12.8 Å². The quantitative estimate of drug-likeness (QED) is 0.708. The maximum atomic E-state index is 11.2. The second-order valence-electron chi connectivity index (χ2n) is 5.14. The molecule has 1 aromatic carbocycles. The number of aliphatic hydroxyl groups is 1. The van der Waals surface area contributed by atoms with Gasteiger partial charge in [-0.2, -0.15) is 0 Å². The van der Waals surface area contributed by atoms with E-state index in [1.807, 2.05) is 4.90 Å². The van der Waals surface area contributed by atoms with Gasteiger partial charge in [-0.15, -0.1) is 0 Å². The molecule has 4 N–H and O–H groups in total. The highest BCUT2D eigenvalue weighted by molar-refractivity contribution is 7.89. The van der Waals surface area contributed by atoms with Gasteiger partial charge in [-0.3, -0.25) is 0 Å². The monoisotopic (exact) mass is 329 g/mol. The van der Waals surface area contributed by atoms with E-state index in [0.29, 0.717) is 10.8 Å². The maximum absolute atomic E-state index is 11.2. The molecule has 1 atom stereocenters. The first-order valence-corrected chi connectivity index (χ1v) is 8.65. The molecule has 0 aliphatic carbocycles. The van der Waals surface area contributed by atoms with Crippen molar-refractivity contribution >= 4 is 33.0 Å². The number of nitrogens with two attached hydrogens (primary N) is 1. The van der Waals surface area contributed by atoms with Crippen LogP contribution in [0, 0.1) is 5.92 Å². The van der Waals surface area contributed by atoms with E-state index < -0.39 is 10.0 Å². The molecule has 1 aliphatic rings. The summed E-state index contributed by atoms with van der Waals surface area (Å²) in [4.78, 5) is 2.09. The van der Waals surface area contributed by atoms with Gasteiger partial charge in [0.15, 0.2) is 5.11 Å². The average Bonchev–Trinajstić information content (AvgIpc) is 2.47. The number of anilines is 1. The third-order valence-corrected chi connectivity index (χ3v) is 4.79. The lowest BCUT2D eigenvalue weighted by atomic mass is 9.99. The number of aliphatic hydroxyl groups excluding tert-OH is 1. The van der Waals surface area contributed by atoms with Gasteiger partial charge < -0.3 is 15.3 Å². The SMILES string of the molecule is NS(=O)(=O)c1ccc(NC(=S)N2CCC[C@H](CO)C2)cc1. The molecule has 1 aliphatic heterocycles. The molecule has 1 saturated heterocycles. The lowest BCUT2D eigenvalue weighted by Crippen LogP contribution is -2.43. The Kier molecular flexibility index (Phi) is 5.15. The second kappa shape index (κ2) is 6.69. The normalized spacial score (nSPS) is 19.3. The zero-order valence-electron chi connectivity index (χ0n) is 11.5. The van der Waals surface area contributed by atoms with Crippen molar-refractivity contribution in [3.63, 3.8) is 0 Å². The largest absolute Gasteiger partial charge is 0.396 e. The topological polar surface area (TPSA) is 95.7 Å². The number of nitrogens with zero attached hydrogens (tertiary/aromatic N) is 1. The average molecular weight is 329 g/mol. The Hall–Kier alpha value is -1.22. The molecule has 0 saturated carbocycles. The second-order valence-corrected chi connectivity index (χ2v) is 7.08. The molecule has 21 heavy (non-hydrogen) atoms. The first-order chi connectivity index (χ1) is 9.90. The van der Waals surface area contributed by atoms with Gasteiger partial charge in [0.2, 0.25) is 10.0 Å². The fourth-order valence-corrected chi connectivity index (χ4v) is 3.13. The van der Waals surface area contributed by atoms with Crippen molar-refractivity contribution in [2.75, 3.05) is 25.0 Å². The molecule has 116 valence electrons. The summed E-state index contributed by atoms with van der Waals surface area (Å²) in [5.74, 6) is 0.253. The van der Waals surface area contributed by atoms with Gasteiger partial charge in [0.25, 0.3) is 0 Å². The van der Waals surface area contributed by atoms with E-state index in [1.165, 1.54) is 12.1 Å². The zero-order valence-corrected chi connectivity index (χ0v) is 13.2. The van der Waals surface area contributed by atoms with Crippen molar-refractivity contribution in [3.05, 3.63) is 24.3 Å². The predicted molar refractivity (Wildman–Crippen MR) is 85.4 cm³/mol. The highest BCUT2D eigenvalue weighted by atomic mass is 32.2. The third kappa shape index (κ3) is 4.37. The Labute approximate surface area is 130 Å². The molecule has 0 radical (unpaired) electrons. The molecule has 0 aromatic heterocycles. The van der Waals surface area contributed by atoms with Crippen molar-refractivity contribution in [2.45, 2.75) is 17.7 Å². The number of hydrogen-bond acceptors (Lipinski definition) is 4. The number of primary sulfonamides is 1. The highest BCUT2D eigenvalue weighted by Crippen LogP contribution is 2.18. The summed E-state index contributed by atoms with van der Waals surface area (Å²) < 4.78 is 22.4. The number of rotatable bonds is 3. The third-order valence-electron chi connectivity index (χ3n) is 3.50. The Morgan fingerprint density at radius 3 is 2.67 bits per heavy atom. The molecule has 6 nitrogen and oxygen atoms in total. The van der Waals surface area contributed by atoms with E-state index in [4.69, 9.17) is 17.4 Å². The van der Waals surface area contributed by atoms with Crippen molar-refractivity contribution in [1.82, 2.24) is 4.90 Å². The van der Waals surface area contributed by atoms with Gasteiger partial charge in [0, 0.05) is 25.4 Å². The van der Waals surface area contributed by atoms with Gasteiger partial charge in [0.05, 0.1) is 4.90 Å². The van der Waals surface area contributed by atoms with Crippen LogP contribution in [0.25, 0.3) is 0 Å². The molecule has 0 spiro atoms. The fraction of sp³-hybridized carbons (Fsp3) is 0.462. The lowest BCUT2D eigenvalue weighted by molar-refractivity contribution is 0.162. The minimum atomic E-state index is -3.68. The number of likely N-dealkylation sites (tertiary alicyclic amines) is 1. The molecule has 1 heterocycles. The molecule has 0 bridgehead atoms. The summed E-state index contributed by atoms with van der Waals surface area (Å²) in [5, 5.41) is 17.9. The van der Waals surface area contributed by atoms with Crippen LogP contribution in [0.4, 0.5) is 5.69 Å². The molecule has 2 rings (SSSR count). The van der Waals surface area contributed by atoms with E-state index in [9.17, 15) is 13.5 Å². The zero-order chi connectivity index (χ0) is 15.5. The van der Waals surface area contributed by atoms with Crippen molar-refractivity contribution in [2.24, 2.45) is 11.1 Å². The van der Waals surface area contributed by atoms with Crippen molar-refractivity contribution < 1.29 is 13.5 Å². The smallest absolute Gasteiger partial charge is 0.238 e. The Bertz CT molecular complexity index is 602. The number of hydrogen-bond donors (Lipinski definition) is 3. The summed E-state index contributed by atoms with van der Waals surface area (Å²) in [6, 6.07) is 6.12. The molecule has 8 heteroatoms. The highest BCUT2D eigenvalue weighted by Gasteiger charge is 2.21. The van der Waals surface area contributed by atoms with E-state index >= 15 is 0 Å². The first-order valence-electron chi connectivity index (χ1n) is 6.70. The number of thiocarbonyl (C=S) groups is 1. The van der Waals surface area contributed by atoms with Crippen LogP contribution in [0.15, 0.2) is 29.2 Å². The summed E-state index contributed by atoms with van der Waals surface area (Å²) in [7, 11) is -3.68. The molecular formula is C13H19N3O3S2. The summed E-state index contributed by atoms with van der Waals surface area (Å²) in [5.41, 5.74) is 0.707. The Morgan fingerprint density at radius 1 is 1.43 bits per heavy atom. The van der Waals surface area contributed by atoms with Crippen molar-refractivity contribution in [3.8, 4) is 0 Å². The van der Waals surface area contributed by atoms with Crippen LogP contribution in [-0.4, -0.2) is 43.2 Å². The standard InChI is InChI=1S/C13H19N3O3S2/c14-21(18,19)12-5-3-11(4-6-12)15-13(20)16-7-1-2-10(8-16)9-17/h3-6,10,17H,1-2,7-9H2,(H,15,20)(H2,14,18,19)/t10-/m0/s1. The Morgan fingerprint density at radius 2 is 2.10 bits per heavy atom. The van der Waals surface area contributed by atoms with E-state index in [-0.39, 0.29) is 17.4 Å². The molecule has 0 amide bonds. The van der Waals surface area contributed by atoms with Crippen LogP contribution < -0.4 is 10.5 Å². The number of sulfonamides is 1. The Balaban J connectivity index is 1.99. The molecule has 1 aromatic rings. The minimum Gasteiger partial charge on any atom is -0.396 e. The van der Waals surface area contributed by atoms with Crippen LogP contribution in [0.3, 0.4) is 0 Å². The van der Waals surface area contributed by atoms with E-state index in [0.717, 1.165) is 25.9 Å². The van der Waals surface area contributed by atoms with Gasteiger partial charge in [-0.1, -0.05) is 0 Å². The number of benzene rings is 1. The van der Waals surface area contributed by atoms with E-state index in [2.05, 4.69) is 5.32 Å². The summed E-state index contributed by atoms with van der Waals surface area (Å²) in [6.07, 6.45) is 2.01. The van der Waals surface area contributed by atoms with Crippen LogP contribution in [0.5, 0.6) is 0 Å². The maximum Gasteiger partial charge on any atom is 0.238 e. The summed E-state index contributed by atoms with van der Waals surface area (Å²) >= 11 is 5.35. The van der Waals surface area contributed by atoms with Gasteiger partial charge >= 0.3 is 0 Å². The van der Waals surface area contributed by atoms with Gasteiger partial charge in [-0.05, 0) is 55.2 Å². The molecule has 0 unspecified atom stereocenters. The van der Waals surface area contributed by atoms with Crippen LogP contribution >= 0.6 is 12.2 Å². The van der Waals surface area contributed by atoms with E-state index in [1.54, 1.807) is 12.1 Å². The number of piperidine rings is 1. The van der Waals surface area contributed by atoms with Crippen LogP contribution in [-0.2, 0) is 10.0 Å². The van der Waals surface area contributed by atoms with Crippen molar-refractivity contribution in [1.29, 1.82) is 0 Å². The number of nitrogens with one attached hydrogen (secondary N) is 1. The molecular weight excluding hydrogens is 310 g/mol. The predicted octanol–water partition coefficient (Wildman–Crippen LogP) is 0.735. The lowest BCUT2D eigenvalue weighted by Gasteiger charge is -2.33. The van der Waals surface area contributed by atoms with Gasteiger partial charge in [0.1, 0.15) is 0 Å². The molecule has 1 fully saturated rings. The first kappa shape index (κ1) is 16.2. The fourth-order valence-electron chi connectivity index (χ4n) is 2.33.